The van der Waals surface area contributed by atoms with Gasteiger partial charge in [-0.15, -0.1) is 0 Å². The van der Waals surface area contributed by atoms with Crippen molar-refractivity contribution in [3.05, 3.63) is 69.2 Å². The molecule has 174 valence electrons. The number of hydrogen-bond acceptors (Lipinski definition) is 4. The molecule has 0 aliphatic rings. The smallest absolute Gasteiger partial charge is 0.408 e. The number of aromatic nitrogens is 2. The van der Waals surface area contributed by atoms with Gasteiger partial charge in [-0.2, -0.15) is 0 Å². The Labute approximate surface area is 196 Å². The van der Waals surface area contributed by atoms with Gasteiger partial charge in [0.15, 0.2) is 0 Å². The molecule has 1 heterocycles. The Hall–Kier alpha value is -3.39. The van der Waals surface area contributed by atoms with E-state index in [2.05, 4.69) is 0 Å². The van der Waals surface area contributed by atoms with Crippen LogP contribution < -0.4 is 11.3 Å². The number of rotatable bonds is 6. The van der Waals surface area contributed by atoms with Gasteiger partial charge in [0.1, 0.15) is 5.82 Å². The Bertz CT molecular complexity index is 1280. The number of fused-ring (bicyclic) bond motifs is 1. The first kappa shape index (κ1) is 24.3. The molecule has 0 bridgehead atoms. The number of carboxylic acid groups (broad SMARTS) is 1. The summed E-state index contributed by atoms with van der Waals surface area (Å²) in [4.78, 5) is 44.0. The Morgan fingerprint density at radius 1 is 1.21 bits per heavy atom. The first-order valence-corrected chi connectivity index (χ1v) is 11.0. The van der Waals surface area contributed by atoms with Gasteiger partial charge in [0.2, 0.25) is 5.91 Å². The molecule has 3 aromatic rings. The van der Waals surface area contributed by atoms with Crippen molar-refractivity contribution in [3.8, 4) is 5.69 Å². The number of carbonyl (C=O) groups excluding carboxylic acids is 1. The third-order valence-electron chi connectivity index (χ3n) is 5.36. The molecule has 3 N–H and O–H groups in total. The highest BCUT2D eigenvalue weighted by molar-refractivity contribution is 6.35. The number of benzene rings is 2. The summed E-state index contributed by atoms with van der Waals surface area (Å²) in [5, 5.41) is 10.5. The topological polar surface area (TPSA) is 119 Å². The van der Waals surface area contributed by atoms with Crippen molar-refractivity contribution in [2.45, 2.75) is 52.1 Å². The molecule has 1 atom stereocenters. The number of amides is 2. The Kier molecular flexibility index (Phi) is 6.78. The van der Waals surface area contributed by atoms with E-state index in [1.165, 1.54) is 15.5 Å². The molecule has 0 fully saturated rings. The number of primary amides is 1. The molecule has 1 aromatic heterocycles. The molecule has 0 aliphatic carbocycles. The van der Waals surface area contributed by atoms with Gasteiger partial charge in [0, 0.05) is 11.1 Å². The number of nitrogens with two attached hydrogens (primary N) is 1. The van der Waals surface area contributed by atoms with Gasteiger partial charge < -0.3 is 10.8 Å². The number of hydrogen-bond donors (Lipinski definition) is 2. The predicted molar refractivity (Wildman–Crippen MR) is 128 cm³/mol. The van der Waals surface area contributed by atoms with E-state index >= 15 is 0 Å². The zero-order valence-electron chi connectivity index (χ0n) is 19.0. The molecular formula is C24H27ClN4O4. The van der Waals surface area contributed by atoms with Crippen molar-refractivity contribution in [1.82, 2.24) is 14.5 Å². The monoisotopic (exact) mass is 470 g/mol. The summed E-state index contributed by atoms with van der Waals surface area (Å²) >= 11 is 6.35. The van der Waals surface area contributed by atoms with Crippen molar-refractivity contribution in [2.75, 3.05) is 0 Å². The van der Waals surface area contributed by atoms with Crippen molar-refractivity contribution < 1.29 is 14.7 Å². The lowest BCUT2D eigenvalue weighted by Gasteiger charge is -2.40. The molecule has 3 rings (SSSR count). The average molecular weight is 471 g/mol. The molecule has 2 aromatic carbocycles. The first-order chi connectivity index (χ1) is 15.5. The van der Waals surface area contributed by atoms with Crippen molar-refractivity contribution in [2.24, 2.45) is 5.73 Å². The van der Waals surface area contributed by atoms with Gasteiger partial charge in [0.05, 0.1) is 27.7 Å². The van der Waals surface area contributed by atoms with Crippen LogP contribution in [0.3, 0.4) is 0 Å². The van der Waals surface area contributed by atoms with Crippen molar-refractivity contribution in [1.29, 1.82) is 0 Å². The van der Waals surface area contributed by atoms with E-state index < -0.39 is 29.1 Å². The Morgan fingerprint density at radius 2 is 1.88 bits per heavy atom. The normalized spacial score (nSPS) is 12.5. The summed E-state index contributed by atoms with van der Waals surface area (Å²) in [5.74, 6) is -0.402. The molecule has 0 saturated heterocycles. The minimum atomic E-state index is -1.13. The van der Waals surface area contributed by atoms with Crippen LogP contribution in [0.4, 0.5) is 4.79 Å². The van der Waals surface area contributed by atoms with E-state index in [0.717, 1.165) is 0 Å². The molecule has 2 amide bonds. The largest absolute Gasteiger partial charge is 0.465 e. The summed E-state index contributed by atoms with van der Waals surface area (Å²) in [7, 11) is 0. The maximum atomic E-state index is 13.8. The average Bonchev–Trinajstić information content (AvgIpc) is 2.72. The van der Waals surface area contributed by atoms with Gasteiger partial charge in [-0.05, 0) is 57.5 Å². The second-order valence-corrected chi connectivity index (χ2v) is 9.19. The van der Waals surface area contributed by atoms with Crippen LogP contribution in [0.15, 0.2) is 47.3 Å². The highest BCUT2D eigenvalue weighted by atomic mass is 35.5. The molecule has 0 spiro atoms. The van der Waals surface area contributed by atoms with Gasteiger partial charge >= 0.3 is 6.09 Å². The van der Waals surface area contributed by atoms with E-state index in [1.807, 2.05) is 6.92 Å². The molecule has 33 heavy (non-hydrogen) atoms. The molecule has 0 aliphatic heterocycles. The van der Waals surface area contributed by atoms with E-state index in [1.54, 1.807) is 57.2 Å². The van der Waals surface area contributed by atoms with Crippen LogP contribution in [0.2, 0.25) is 5.02 Å². The SMILES string of the molecule is CCC[C@@H](c1nc2cccc(Cl)c2c(=O)n1-c1cccc(C(N)=O)c1)N(C(=O)O)C(C)(C)C. The zero-order chi connectivity index (χ0) is 24.5. The van der Waals surface area contributed by atoms with Crippen LogP contribution >= 0.6 is 11.6 Å². The third kappa shape index (κ3) is 4.71. The molecular weight excluding hydrogens is 444 g/mol. The molecule has 8 nitrogen and oxygen atoms in total. The lowest BCUT2D eigenvalue weighted by molar-refractivity contribution is 0.0627. The summed E-state index contributed by atoms with van der Waals surface area (Å²) in [5.41, 5.74) is 5.15. The maximum Gasteiger partial charge on any atom is 0.408 e. The fourth-order valence-electron chi connectivity index (χ4n) is 4.01. The lowest BCUT2D eigenvalue weighted by Crippen LogP contribution is -2.48. The van der Waals surface area contributed by atoms with Crippen LogP contribution in [0.5, 0.6) is 0 Å². The Balaban J connectivity index is 2.46. The quantitative estimate of drug-likeness (QED) is 0.538. The summed E-state index contributed by atoms with van der Waals surface area (Å²) in [6.45, 7) is 7.30. The van der Waals surface area contributed by atoms with Gasteiger partial charge in [-0.25, -0.2) is 9.78 Å². The number of halogens is 1. The van der Waals surface area contributed by atoms with Crippen LogP contribution in [-0.2, 0) is 0 Å². The molecule has 0 unspecified atom stereocenters. The lowest BCUT2D eigenvalue weighted by atomic mass is 9.99. The van der Waals surface area contributed by atoms with Crippen LogP contribution in [0, 0.1) is 0 Å². The fraction of sp³-hybridized carbons (Fsp3) is 0.333. The van der Waals surface area contributed by atoms with Gasteiger partial charge in [-0.3, -0.25) is 19.1 Å². The standard InChI is InChI=1S/C24H27ClN4O4/c1-5-8-18(29(23(32)33)24(2,3)4)21-27-17-12-7-11-16(25)19(17)22(31)28(21)15-10-6-9-14(13-15)20(26)30/h6-7,9-13,18H,5,8H2,1-4H3,(H2,26,30)(H,32,33)/t18-/m0/s1. The van der Waals surface area contributed by atoms with E-state index in [0.29, 0.717) is 24.0 Å². The van der Waals surface area contributed by atoms with Crippen molar-refractivity contribution in [3.63, 3.8) is 0 Å². The second kappa shape index (κ2) is 9.23. The summed E-state index contributed by atoms with van der Waals surface area (Å²) < 4.78 is 1.34. The second-order valence-electron chi connectivity index (χ2n) is 8.79. The molecule has 9 heteroatoms. The third-order valence-corrected chi connectivity index (χ3v) is 5.68. The zero-order valence-corrected chi connectivity index (χ0v) is 19.8. The van der Waals surface area contributed by atoms with Crippen LogP contribution in [0.25, 0.3) is 16.6 Å². The first-order valence-electron chi connectivity index (χ1n) is 10.6. The van der Waals surface area contributed by atoms with E-state index in [4.69, 9.17) is 22.3 Å². The van der Waals surface area contributed by atoms with Crippen LogP contribution in [0.1, 0.15) is 62.8 Å². The minimum Gasteiger partial charge on any atom is -0.465 e. The maximum absolute atomic E-state index is 13.8. The summed E-state index contributed by atoms with van der Waals surface area (Å²) in [6, 6.07) is 10.5. The van der Waals surface area contributed by atoms with Crippen LogP contribution in [-0.4, -0.2) is 37.1 Å². The molecule has 0 saturated carbocycles. The fourth-order valence-corrected chi connectivity index (χ4v) is 4.26. The predicted octanol–water partition coefficient (Wildman–Crippen LogP) is 4.76. The van der Waals surface area contributed by atoms with Gasteiger partial charge in [-0.1, -0.05) is 37.1 Å². The minimum absolute atomic E-state index is 0.209. The van der Waals surface area contributed by atoms with E-state index in [9.17, 15) is 19.5 Å². The van der Waals surface area contributed by atoms with Crippen molar-refractivity contribution >= 4 is 34.5 Å². The molecule has 0 radical (unpaired) electrons. The number of carbonyl (C=O) groups is 2. The Morgan fingerprint density at radius 3 is 2.45 bits per heavy atom. The van der Waals surface area contributed by atoms with E-state index in [-0.39, 0.29) is 21.8 Å². The number of nitrogens with zero attached hydrogens (tertiary/aromatic N) is 3. The summed E-state index contributed by atoms with van der Waals surface area (Å²) in [6.07, 6.45) is -0.0498. The van der Waals surface area contributed by atoms with Gasteiger partial charge in [0.25, 0.3) is 5.56 Å². The highest BCUT2D eigenvalue weighted by Gasteiger charge is 2.37. The highest BCUT2D eigenvalue weighted by Crippen LogP contribution is 2.33.